The quantitative estimate of drug-likeness (QED) is 0.700. The molecule has 2 aromatic heterocycles. The van der Waals surface area contributed by atoms with Crippen LogP contribution in [0.25, 0.3) is 22.6 Å². The van der Waals surface area contributed by atoms with E-state index < -0.39 is 0 Å². The minimum Gasteiger partial charge on any atom is -0.504 e. The molecule has 1 aliphatic carbocycles. The lowest BCUT2D eigenvalue weighted by atomic mass is 10.2. The highest BCUT2D eigenvalue weighted by Gasteiger charge is 2.29. The Bertz CT molecular complexity index is 806. The fourth-order valence-electron chi connectivity index (χ4n) is 2.47. The first-order valence-corrected chi connectivity index (χ1v) is 6.59. The molecule has 1 saturated carbocycles. The molecule has 0 aliphatic heterocycles. The molecule has 4 rings (SSSR count). The van der Waals surface area contributed by atoms with Gasteiger partial charge in [-0.15, -0.1) is 0 Å². The molecule has 1 aliphatic rings. The van der Waals surface area contributed by atoms with E-state index in [1.165, 1.54) is 12.1 Å². The van der Waals surface area contributed by atoms with Crippen LogP contribution >= 0.6 is 0 Å². The normalized spacial score (nSPS) is 14.8. The van der Waals surface area contributed by atoms with Crippen LogP contribution in [0.3, 0.4) is 0 Å². The second-order valence-electron chi connectivity index (χ2n) is 5.09. The molecule has 1 fully saturated rings. The number of benzene rings is 1. The van der Waals surface area contributed by atoms with Gasteiger partial charge in [0.25, 0.3) is 0 Å². The lowest BCUT2D eigenvalue weighted by Crippen LogP contribution is -1.98. The Morgan fingerprint density at radius 2 is 1.95 bits per heavy atom. The number of rotatable bonds is 2. The SMILES string of the molecule is Oc1ccc(-c2nc3cccnc3n2C2CC2)cc1O. The summed E-state index contributed by atoms with van der Waals surface area (Å²) in [6, 6.07) is 9.01. The van der Waals surface area contributed by atoms with Crippen LogP contribution in [0.15, 0.2) is 36.5 Å². The summed E-state index contributed by atoms with van der Waals surface area (Å²) >= 11 is 0. The van der Waals surface area contributed by atoms with Gasteiger partial charge in [-0.2, -0.15) is 0 Å². The van der Waals surface area contributed by atoms with E-state index in [2.05, 4.69) is 14.5 Å². The predicted octanol–water partition coefficient (Wildman–Crippen LogP) is 2.84. The summed E-state index contributed by atoms with van der Waals surface area (Å²) in [6.07, 6.45) is 4.01. The van der Waals surface area contributed by atoms with Crippen molar-refractivity contribution in [3.05, 3.63) is 36.5 Å². The first-order valence-electron chi connectivity index (χ1n) is 6.59. The molecule has 20 heavy (non-hydrogen) atoms. The van der Waals surface area contributed by atoms with Gasteiger partial charge in [0.05, 0.1) is 0 Å². The van der Waals surface area contributed by atoms with Crippen molar-refractivity contribution in [3.63, 3.8) is 0 Å². The Hall–Kier alpha value is -2.56. The van der Waals surface area contributed by atoms with Crippen LogP contribution in [0.2, 0.25) is 0 Å². The van der Waals surface area contributed by atoms with Crippen LogP contribution in [-0.4, -0.2) is 24.7 Å². The first-order chi connectivity index (χ1) is 9.74. The van der Waals surface area contributed by atoms with E-state index in [1.807, 2.05) is 12.1 Å². The van der Waals surface area contributed by atoms with Crippen molar-refractivity contribution in [3.8, 4) is 22.9 Å². The molecule has 0 radical (unpaired) electrons. The van der Waals surface area contributed by atoms with Crippen LogP contribution in [0.1, 0.15) is 18.9 Å². The number of fused-ring (bicyclic) bond motifs is 1. The number of aromatic hydroxyl groups is 2. The number of pyridine rings is 1. The molecule has 2 heterocycles. The summed E-state index contributed by atoms with van der Waals surface area (Å²) in [4.78, 5) is 9.04. The maximum absolute atomic E-state index is 9.68. The Kier molecular flexibility index (Phi) is 2.24. The number of hydrogen-bond acceptors (Lipinski definition) is 4. The van der Waals surface area contributed by atoms with Crippen LogP contribution in [0.4, 0.5) is 0 Å². The molecule has 1 aromatic carbocycles. The third-order valence-electron chi connectivity index (χ3n) is 3.59. The minimum absolute atomic E-state index is 0.124. The Morgan fingerprint density at radius 1 is 1.10 bits per heavy atom. The highest BCUT2D eigenvalue weighted by Crippen LogP contribution is 2.41. The second-order valence-corrected chi connectivity index (χ2v) is 5.09. The highest BCUT2D eigenvalue weighted by molar-refractivity contribution is 5.78. The number of aromatic nitrogens is 3. The molecule has 0 bridgehead atoms. The third kappa shape index (κ3) is 1.63. The second kappa shape index (κ2) is 3.96. The van der Waals surface area contributed by atoms with Gasteiger partial charge in [0, 0.05) is 17.8 Å². The van der Waals surface area contributed by atoms with E-state index in [0.717, 1.165) is 35.4 Å². The number of imidazole rings is 1. The number of nitrogens with zero attached hydrogens (tertiary/aromatic N) is 3. The summed E-state index contributed by atoms with van der Waals surface area (Å²) in [5.41, 5.74) is 2.50. The zero-order valence-electron chi connectivity index (χ0n) is 10.7. The fourth-order valence-corrected chi connectivity index (χ4v) is 2.47. The molecule has 0 spiro atoms. The number of phenolic OH excluding ortho intramolecular Hbond substituents is 2. The largest absolute Gasteiger partial charge is 0.504 e. The van der Waals surface area contributed by atoms with Gasteiger partial charge in [0.2, 0.25) is 0 Å². The molecule has 5 heteroatoms. The lowest BCUT2D eigenvalue weighted by molar-refractivity contribution is 0.404. The Morgan fingerprint density at radius 3 is 2.70 bits per heavy atom. The van der Waals surface area contributed by atoms with Crippen LogP contribution in [0.5, 0.6) is 11.5 Å². The van der Waals surface area contributed by atoms with Gasteiger partial charge >= 0.3 is 0 Å². The highest BCUT2D eigenvalue weighted by atomic mass is 16.3. The average molecular weight is 267 g/mol. The molecular weight excluding hydrogens is 254 g/mol. The molecule has 100 valence electrons. The summed E-state index contributed by atoms with van der Waals surface area (Å²) in [6.45, 7) is 0. The first kappa shape index (κ1) is 11.3. The van der Waals surface area contributed by atoms with Gasteiger partial charge in [0.1, 0.15) is 11.3 Å². The zero-order chi connectivity index (χ0) is 13.7. The standard InChI is InChI=1S/C15H13N3O2/c19-12-6-3-9(8-13(12)20)14-17-11-2-1-7-16-15(11)18(14)10-4-5-10/h1-3,6-8,10,19-20H,4-5H2. The van der Waals surface area contributed by atoms with Crippen molar-refractivity contribution in [1.82, 2.24) is 14.5 Å². The number of phenols is 2. The maximum atomic E-state index is 9.68. The fraction of sp³-hybridized carbons (Fsp3) is 0.200. The smallest absolute Gasteiger partial charge is 0.160 e. The van der Waals surface area contributed by atoms with Crippen LogP contribution in [0, 0.1) is 0 Å². The van der Waals surface area contributed by atoms with Crippen molar-refractivity contribution in [1.29, 1.82) is 0 Å². The minimum atomic E-state index is -0.134. The Balaban J connectivity index is 1.98. The Labute approximate surface area is 115 Å². The summed E-state index contributed by atoms with van der Waals surface area (Å²) < 4.78 is 2.13. The van der Waals surface area contributed by atoms with Gasteiger partial charge < -0.3 is 14.8 Å². The van der Waals surface area contributed by atoms with E-state index in [-0.39, 0.29) is 11.5 Å². The number of hydrogen-bond donors (Lipinski definition) is 2. The summed E-state index contributed by atoms with van der Waals surface area (Å²) in [7, 11) is 0. The summed E-state index contributed by atoms with van der Waals surface area (Å²) in [5.74, 6) is 0.530. The monoisotopic (exact) mass is 267 g/mol. The van der Waals surface area contributed by atoms with Gasteiger partial charge in [-0.05, 0) is 43.2 Å². The van der Waals surface area contributed by atoms with Gasteiger partial charge in [-0.25, -0.2) is 9.97 Å². The van der Waals surface area contributed by atoms with Crippen LogP contribution < -0.4 is 0 Å². The van der Waals surface area contributed by atoms with Crippen molar-refractivity contribution in [2.45, 2.75) is 18.9 Å². The maximum Gasteiger partial charge on any atom is 0.160 e. The molecule has 0 saturated heterocycles. The molecule has 5 nitrogen and oxygen atoms in total. The molecule has 2 N–H and O–H groups in total. The van der Waals surface area contributed by atoms with Crippen molar-refractivity contribution in [2.75, 3.05) is 0 Å². The third-order valence-corrected chi connectivity index (χ3v) is 3.59. The van der Waals surface area contributed by atoms with Crippen LogP contribution in [-0.2, 0) is 0 Å². The topological polar surface area (TPSA) is 71.2 Å². The van der Waals surface area contributed by atoms with E-state index in [0.29, 0.717) is 6.04 Å². The molecule has 0 amide bonds. The van der Waals surface area contributed by atoms with Crippen molar-refractivity contribution in [2.24, 2.45) is 0 Å². The molecule has 3 aromatic rings. The molecular formula is C15H13N3O2. The van der Waals surface area contributed by atoms with Gasteiger partial charge in [-0.1, -0.05) is 0 Å². The van der Waals surface area contributed by atoms with Gasteiger partial charge in [-0.3, -0.25) is 0 Å². The molecule has 0 unspecified atom stereocenters. The molecule has 0 atom stereocenters. The zero-order valence-corrected chi connectivity index (χ0v) is 10.7. The van der Waals surface area contributed by atoms with E-state index in [1.54, 1.807) is 12.3 Å². The summed E-state index contributed by atoms with van der Waals surface area (Å²) in [5, 5.41) is 19.1. The van der Waals surface area contributed by atoms with Crippen molar-refractivity contribution >= 4 is 11.2 Å². The van der Waals surface area contributed by atoms with Crippen molar-refractivity contribution < 1.29 is 10.2 Å². The van der Waals surface area contributed by atoms with Gasteiger partial charge in [0.15, 0.2) is 17.1 Å². The van der Waals surface area contributed by atoms with E-state index >= 15 is 0 Å². The lowest BCUT2D eigenvalue weighted by Gasteiger charge is -2.07. The average Bonchev–Trinajstić information content (AvgIpc) is 3.22. The predicted molar refractivity (Wildman–Crippen MR) is 74.6 cm³/mol. The van der Waals surface area contributed by atoms with E-state index in [9.17, 15) is 10.2 Å². The van der Waals surface area contributed by atoms with E-state index in [4.69, 9.17) is 0 Å².